The summed E-state index contributed by atoms with van der Waals surface area (Å²) < 4.78 is 60.5. The fraction of sp³-hybridized carbons (Fsp3) is 0.368. The number of rotatable bonds is 11. The highest BCUT2D eigenvalue weighted by Crippen LogP contribution is 2.30. The lowest BCUT2D eigenvalue weighted by molar-refractivity contribution is 0.345. The lowest BCUT2D eigenvalue weighted by atomic mass is 10.3. The molecule has 30 heavy (non-hydrogen) atoms. The van der Waals surface area contributed by atoms with Gasteiger partial charge in [0.05, 0.1) is 24.0 Å². The van der Waals surface area contributed by atoms with Gasteiger partial charge in [-0.3, -0.25) is 0 Å². The van der Waals surface area contributed by atoms with Crippen molar-refractivity contribution < 1.29 is 26.3 Å². The number of hydrogen-bond acceptors (Lipinski definition) is 9. The first kappa shape index (κ1) is 24.9. The van der Waals surface area contributed by atoms with E-state index in [0.29, 0.717) is 11.5 Å². The maximum absolute atomic E-state index is 12.6. The Kier molecular flexibility index (Phi) is 8.92. The molecular weight excluding hydrogens is 466 g/mol. The topological polar surface area (TPSA) is 90.0 Å². The molecule has 0 bridgehead atoms. The van der Waals surface area contributed by atoms with Gasteiger partial charge in [0.25, 0.3) is 0 Å². The van der Waals surface area contributed by atoms with Gasteiger partial charge in [0, 0.05) is 17.5 Å². The van der Waals surface area contributed by atoms with Crippen LogP contribution in [0.1, 0.15) is 0 Å². The zero-order chi connectivity index (χ0) is 22.4. The second-order valence-electron chi connectivity index (χ2n) is 6.45. The number of benzene rings is 2. The third-order valence-corrected chi connectivity index (χ3v) is 11.5. The van der Waals surface area contributed by atoms with E-state index in [0.717, 1.165) is 21.6 Å². The molecule has 0 atom stereocenters. The highest BCUT2D eigenvalue weighted by molar-refractivity contribution is 8.72. The molecule has 166 valence electrons. The number of ether oxygens (including phenoxy) is 2. The van der Waals surface area contributed by atoms with Gasteiger partial charge < -0.3 is 14.4 Å². The minimum atomic E-state index is -3.57. The molecule has 7 nitrogen and oxygen atoms in total. The molecular formula is C19H25NO6S4. The Hall–Kier alpha value is -1.40. The van der Waals surface area contributed by atoms with Crippen LogP contribution in [0, 0.1) is 0 Å². The van der Waals surface area contributed by atoms with Crippen molar-refractivity contribution in [1.82, 2.24) is 4.90 Å². The van der Waals surface area contributed by atoms with Crippen LogP contribution in [0.5, 0.6) is 11.5 Å². The fourth-order valence-electron chi connectivity index (χ4n) is 2.30. The third kappa shape index (κ3) is 6.81. The van der Waals surface area contributed by atoms with E-state index in [1.54, 1.807) is 38.4 Å². The third-order valence-electron chi connectivity index (χ3n) is 4.26. The Morgan fingerprint density at radius 3 is 1.33 bits per heavy atom. The van der Waals surface area contributed by atoms with Crippen molar-refractivity contribution in [3.05, 3.63) is 48.5 Å². The molecule has 0 aromatic heterocycles. The molecule has 0 fully saturated rings. The number of hydrogen-bond donors (Lipinski definition) is 0. The summed E-state index contributed by atoms with van der Waals surface area (Å²) in [5.74, 6) is 1.61. The predicted molar refractivity (Wildman–Crippen MR) is 123 cm³/mol. The summed E-state index contributed by atoms with van der Waals surface area (Å²) >= 11 is 0. The van der Waals surface area contributed by atoms with Gasteiger partial charge in [-0.15, -0.1) is 0 Å². The predicted octanol–water partition coefficient (Wildman–Crippen LogP) is 3.18. The van der Waals surface area contributed by atoms with Gasteiger partial charge in [-0.05, 0) is 84.2 Å². The molecule has 0 aliphatic heterocycles. The second kappa shape index (κ2) is 10.8. The van der Waals surface area contributed by atoms with Crippen LogP contribution >= 0.6 is 21.6 Å². The van der Waals surface area contributed by atoms with E-state index in [4.69, 9.17) is 9.47 Å². The largest absolute Gasteiger partial charge is 0.497 e. The second-order valence-corrected chi connectivity index (χ2v) is 14.4. The van der Waals surface area contributed by atoms with Crippen molar-refractivity contribution >= 4 is 39.3 Å². The molecule has 11 heteroatoms. The van der Waals surface area contributed by atoms with E-state index < -0.39 is 17.7 Å². The van der Waals surface area contributed by atoms with Gasteiger partial charge in [-0.1, -0.05) is 0 Å². The van der Waals surface area contributed by atoms with Crippen molar-refractivity contribution in [3.63, 3.8) is 0 Å². The average Bonchev–Trinajstić information content (AvgIpc) is 2.73. The van der Waals surface area contributed by atoms with Crippen LogP contribution < -0.4 is 9.47 Å². The van der Waals surface area contributed by atoms with E-state index in [-0.39, 0.29) is 27.3 Å². The maximum atomic E-state index is 12.6. The van der Waals surface area contributed by atoms with Crippen molar-refractivity contribution in [1.29, 1.82) is 0 Å². The summed E-state index contributed by atoms with van der Waals surface area (Å²) in [5, 5.41) is 0. The van der Waals surface area contributed by atoms with Crippen LogP contribution in [0.4, 0.5) is 0 Å². The molecule has 0 radical (unpaired) electrons. The molecule has 0 saturated carbocycles. The summed E-state index contributed by atoms with van der Waals surface area (Å²) in [6, 6.07) is 12.1. The quantitative estimate of drug-likeness (QED) is 0.440. The van der Waals surface area contributed by atoms with Crippen LogP contribution in [-0.2, 0) is 17.7 Å². The summed E-state index contributed by atoms with van der Waals surface area (Å²) in [6.45, 7) is 0. The summed E-state index contributed by atoms with van der Waals surface area (Å²) in [5.41, 5.74) is 0. The molecule has 0 unspecified atom stereocenters. The van der Waals surface area contributed by atoms with E-state index in [2.05, 4.69) is 0 Å². The van der Waals surface area contributed by atoms with Gasteiger partial charge in [0.2, 0.25) is 17.7 Å². The van der Waals surface area contributed by atoms with Crippen LogP contribution in [-0.4, -0.2) is 67.6 Å². The molecule has 0 spiro atoms. The minimum Gasteiger partial charge on any atom is -0.497 e. The Morgan fingerprint density at radius 1 is 0.733 bits per heavy atom. The lowest BCUT2D eigenvalue weighted by Gasteiger charge is -2.23. The van der Waals surface area contributed by atoms with Crippen LogP contribution in [0.15, 0.2) is 58.3 Å². The smallest absolute Gasteiger partial charge is 0.230 e. The van der Waals surface area contributed by atoms with Gasteiger partial charge in [0.15, 0.2) is 0 Å². The Balaban J connectivity index is 2.03. The molecule has 0 saturated heterocycles. The first-order valence-corrected chi connectivity index (χ1v) is 14.8. The standard InChI is InChI=1S/C19H25NO6S4/c1-20(2)15(13-27-29(21,22)18-9-5-16(25-3)6-10-18)14-28-30(23,24)19-11-7-17(26-4)8-12-19/h5-12,15H,13-14H2,1-4H3. The molecule has 2 rings (SSSR count). The normalized spacial score (nSPS) is 12.3. The van der Waals surface area contributed by atoms with Crippen LogP contribution in [0.25, 0.3) is 0 Å². The monoisotopic (exact) mass is 491 g/mol. The van der Waals surface area contributed by atoms with Gasteiger partial charge in [0.1, 0.15) is 11.5 Å². The zero-order valence-corrected chi connectivity index (χ0v) is 20.4. The minimum absolute atomic E-state index is 0.185. The molecule has 2 aromatic carbocycles. The average molecular weight is 492 g/mol. The molecule has 2 aromatic rings. The Morgan fingerprint density at radius 2 is 1.07 bits per heavy atom. The van der Waals surface area contributed by atoms with Crippen molar-refractivity contribution in [3.8, 4) is 11.5 Å². The van der Waals surface area contributed by atoms with E-state index in [1.807, 2.05) is 4.90 Å². The molecule has 0 aliphatic rings. The first-order valence-electron chi connectivity index (χ1n) is 8.82. The van der Waals surface area contributed by atoms with Gasteiger partial charge in [-0.25, -0.2) is 16.8 Å². The highest BCUT2D eigenvalue weighted by atomic mass is 33.1. The maximum Gasteiger partial charge on any atom is 0.230 e. The number of methoxy groups -OCH3 is 2. The van der Waals surface area contributed by atoms with Gasteiger partial charge >= 0.3 is 0 Å². The van der Waals surface area contributed by atoms with E-state index >= 15 is 0 Å². The summed E-state index contributed by atoms with van der Waals surface area (Å²) in [6.07, 6.45) is 0. The first-order chi connectivity index (χ1) is 14.1. The summed E-state index contributed by atoms with van der Waals surface area (Å²) in [7, 11) is 1.08. The Labute approximate surface area is 185 Å². The number of nitrogens with zero attached hydrogens (tertiary/aromatic N) is 1. The molecule has 0 amide bonds. The van der Waals surface area contributed by atoms with Crippen molar-refractivity contribution in [2.75, 3.05) is 39.8 Å². The fourth-order valence-corrected chi connectivity index (χ4v) is 8.67. The van der Waals surface area contributed by atoms with Crippen LogP contribution in [0.3, 0.4) is 0 Å². The van der Waals surface area contributed by atoms with Crippen molar-refractivity contribution in [2.45, 2.75) is 15.8 Å². The van der Waals surface area contributed by atoms with Gasteiger partial charge in [-0.2, -0.15) is 0 Å². The Bertz CT molecular complexity index is 938. The zero-order valence-electron chi connectivity index (χ0n) is 17.1. The van der Waals surface area contributed by atoms with Crippen LogP contribution in [0.2, 0.25) is 0 Å². The van der Waals surface area contributed by atoms with E-state index in [9.17, 15) is 16.8 Å². The van der Waals surface area contributed by atoms with E-state index in [1.165, 1.54) is 38.5 Å². The summed E-state index contributed by atoms with van der Waals surface area (Å²) in [4.78, 5) is 2.20. The molecule has 0 N–H and O–H groups in total. The lowest BCUT2D eigenvalue weighted by Crippen LogP contribution is -2.33. The van der Waals surface area contributed by atoms with Crippen molar-refractivity contribution in [2.24, 2.45) is 0 Å². The molecule has 0 aliphatic carbocycles. The molecule has 0 heterocycles. The SMILES string of the molecule is COc1ccc(S(=O)(=O)SCC(CSS(=O)(=O)c2ccc(OC)cc2)N(C)C)cc1. The highest BCUT2D eigenvalue weighted by Gasteiger charge is 2.23.